The number of halogens is 1. The first-order valence-electron chi connectivity index (χ1n) is 10.8. The van der Waals surface area contributed by atoms with Gasteiger partial charge in [0.2, 0.25) is 0 Å². The van der Waals surface area contributed by atoms with Crippen LogP contribution < -0.4 is 4.90 Å². The second-order valence-electron chi connectivity index (χ2n) is 8.05. The van der Waals surface area contributed by atoms with Gasteiger partial charge in [0.25, 0.3) is 11.7 Å². The molecule has 8 heteroatoms. The van der Waals surface area contributed by atoms with Gasteiger partial charge in [0.1, 0.15) is 0 Å². The molecule has 0 N–H and O–H groups in total. The highest BCUT2D eigenvalue weighted by molar-refractivity contribution is 6.31. The highest BCUT2D eigenvalue weighted by atomic mass is 35.5. The lowest BCUT2D eigenvalue weighted by atomic mass is 10.1. The van der Waals surface area contributed by atoms with Crippen LogP contribution in [0.25, 0.3) is 0 Å². The fraction of sp³-hybridized carbons (Fsp3) is 0.435. The second kappa shape index (κ2) is 8.57. The van der Waals surface area contributed by atoms with Crippen molar-refractivity contribution in [2.75, 3.05) is 24.7 Å². The number of aryl methyl sites for hydroxylation is 1. The highest BCUT2D eigenvalue weighted by Crippen LogP contribution is 2.46. The maximum Gasteiger partial charge on any atom is 0.292 e. The lowest BCUT2D eigenvalue weighted by Gasteiger charge is -2.22. The van der Waals surface area contributed by atoms with Crippen LogP contribution in [0.4, 0.5) is 5.69 Å². The van der Waals surface area contributed by atoms with E-state index < -0.39 is 5.79 Å². The Kier molecular flexibility index (Phi) is 5.65. The SMILES string of the molecule is O=C1N(CCCCCCn2cc(C3C=CC=C3)nn2)c2ccc(Cl)cc2C12OCCO2. The quantitative estimate of drug-likeness (QED) is 0.581. The molecule has 2 aromatic rings. The van der Waals surface area contributed by atoms with Crippen molar-refractivity contribution < 1.29 is 14.3 Å². The summed E-state index contributed by atoms with van der Waals surface area (Å²) in [5.41, 5.74) is 2.54. The van der Waals surface area contributed by atoms with Gasteiger partial charge in [-0.05, 0) is 31.0 Å². The summed E-state index contributed by atoms with van der Waals surface area (Å²) in [6, 6.07) is 5.47. The number of rotatable bonds is 8. The van der Waals surface area contributed by atoms with Gasteiger partial charge >= 0.3 is 0 Å². The second-order valence-corrected chi connectivity index (χ2v) is 8.48. The number of unbranched alkanes of at least 4 members (excludes halogenated alkanes) is 3. The summed E-state index contributed by atoms with van der Waals surface area (Å²) >= 11 is 6.17. The molecule has 1 spiro atoms. The Morgan fingerprint density at radius 1 is 1.06 bits per heavy atom. The molecule has 1 aromatic heterocycles. The molecule has 5 rings (SSSR count). The van der Waals surface area contributed by atoms with Crippen LogP contribution in [0.5, 0.6) is 0 Å². The molecule has 1 fully saturated rings. The topological polar surface area (TPSA) is 69.5 Å². The number of hydrogen-bond donors (Lipinski definition) is 0. The third-order valence-electron chi connectivity index (χ3n) is 5.99. The molecule has 162 valence electrons. The normalized spacial score (nSPS) is 19.3. The van der Waals surface area contributed by atoms with Crippen molar-refractivity contribution in [3.8, 4) is 0 Å². The van der Waals surface area contributed by atoms with Gasteiger partial charge in [-0.25, -0.2) is 0 Å². The summed E-state index contributed by atoms with van der Waals surface area (Å²) in [7, 11) is 0. The minimum absolute atomic E-state index is 0.146. The zero-order valence-electron chi connectivity index (χ0n) is 17.2. The van der Waals surface area contributed by atoms with E-state index in [-0.39, 0.29) is 11.8 Å². The number of aromatic nitrogens is 3. The predicted molar refractivity (Wildman–Crippen MR) is 117 cm³/mol. The molecule has 31 heavy (non-hydrogen) atoms. The van der Waals surface area contributed by atoms with Crippen LogP contribution >= 0.6 is 11.6 Å². The number of allylic oxidation sites excluding steroid dienone is 4. The van der Waals surface area contributed by atoms with E-state index in [4.69, 9.17) is 21.1 Å². The molecule has 3 heterocycles. The third-order valence-corrected chi connectivity index (χ3v) is 6.22. The zero-order valence-corrected chi connectivity index (χ0v) is 18.0. The monoisotopic (exact) mass is 440 g/mol. The molecular weight excluding hydrogens is 416 g/mol. The van der Waals surface area contributed by atoms with Crippen LogP contribution in [-0.4, -0.2) is 40.7 Å². The van der Waals surface area contributed by atoms with Gasteiger partial charge < -0.3 is 14.4 Å². The standard InChI is InChI=1S/C23H25ClN4O3/c24-18-9-10-21-19(15-18)23(30-13-14-31-23)22(29)28(21)12-6-2-1-5-11-27-16-20(25-26-27)17-7-3-4-8-17/h3-4,7-10,15-17H,1-2,5-6,11-14H2. The van der Waals surface area contributed by atoms with Crippen molar-refractivity contribution in [2.45, 2.75) is 43.9 Å². The zero-order chi connectivity index (χ0) is 21.3. The highest BCUT2D eigenvalue weighted by Gasteiger charge is 2.55. The maximum atomic E-state index is 13.1. The first-order valence-corrected chi connectivity index (χ1v) is 11.2. The molecule has 1 amide bonds. The predicted octanol–water partition coefficient (Wildman–Crippen LogP) is 3.95. The molecule has 0 atom stereocenters. The minimum Gasteiger partial charge on any atom is -0.336 e. The van der Waals surface area contributed by atoms with E-state index in [2.05, 4.69) is 22.5 Å². The number of amides is 1. The smallest absolute Gasteiger partial charge is 0.292 e. The van der Waals surface area contributed by atoms with E-state index in [0.29, 0.717) is 24.8 Å². The summed E-state index contributed by atoms with van der Waals surface area (Å²) in [5.74, 6) is -1.21. The van der Waals surface area contributed by atoms with Crippen molar-refractivity contribution in [3.05, 3.63) is 65.0 Å². The fourth-order valence-electron chi connectivity index (χ4n) is 4.42. The van der Waals surface area contributed by atoms with Crippen LogP contribution in [0.15, 0.2) is 48.7 Å². The Bertz CT molecular complexity index is 1010. The van der Waals surface area contributed by atoms with Gasteiger partial charge in [-0.15, -0.1) is 5.10 Å². The number of hydrogen-bond acceptors (Lipinski definition) is 5. The van der Waals surface area contributed by atoms with Crippen LogP contribution in [0.3, 0.4) is 0 Å². The molecular formula is C23H25ClN4O3. The van der Waals surface area contributed by atoms with Gasteiger partial charge in [0.05, 0.1) is 24.6 Å². The molecule has 1 saturated heterocycles. The maximum absolute atomic E-state index is 13.1. The average molecular weight is 441 g/mol. The lowest BCUT2D eigenvalue weighted by Crippen LogP contribution is -2.41. The Hall–Kier alpha value is -2.48. The van der Waals surface area contributed by atoms with E-state index in [1.54, 1.807) is 17.0 Å². The van der Waals surface area contributed by atoms with Crippen molar-refractivity contribution in [3.63, 3.8) is 0 Å². The third kappa shape index (κ3) is 3.82. The number of anilines is 1. The average Bonchev–Trinajstić information content (AvgIpc) is 3.56. The minimum atomic E-state index is -1.31. The lowest BCUT2D eigenvalue weighted by molar-refractivity contribution is -0.180. The van der Waals surface area contributed by atoms with Crippen molar-refractivity contribution in [1.82, 2.24) is 15.0 Å². The van der Waals surface area contributed by atoms with Crippen LogP contribution in [0.2, 0.25) is 5.02 Å². The molecule has 7 nitrogen and oxygen atoms in total. The number of fused-ring (bicyclic) bond motifs is 2. The summed E-state index contributed by atoms with van der Waals surface area (Å²) in [4.78, 5) is 14.9. The fourth-order valence-corrected chi connectivity index (χ4v) is 4.60. The van der Waals surface area contributed by atoms with E-state index in [1.807, 2.05) is 29.1 Å². The van der Waals surface area contributed by atoms with Crippen LogP contribution in [-0.2, 0) is 26.6 Å². The molecule has 1 aliphatic carbocycles. The molecule has 2 aliphatic heterocycles. The molecule has 0 radical (unpaired) electrons. The Balaban J connectivity index is 1.11. The Morgan fingerprint density at radius 3 is 2.58 bits per heavy atom. The van der Waals surface area contributed by atoms with E-state index >= 15 is 0 Å². The summed E-state index contributed by atoms with van der Waals surface area (Å²) in [6.07, 6.45) is 14.3. The number of carbonyl (C=O) groups excluding carboxylic acids is 1. The Labute approximate surface area is 186 Å². The number of nitrogens with zero attached hydrogens (tertiary/aromatic N) is 4. The summed E-state index contributed by atoms with van der Waals surface area (Å²) in [6.45, 7) is 2.30. The van der Waals surface area contributed by atoms with Crippen LogP contribution in [0.1, 0.15) is 42.9 Å². The number of carbonyl (C=O) groups is 1. The molecule has 0 unspecified atom stereocenters. The van der Waals surface area contributed by atoms with Gasteiger partial charge in [-0.3, -0.25) is 9.48 Å². The summed E-state index contributed by atoms with van der Waals surface area (Å²) in [5, 5.41) is 9.07. The molecule has 0 saturated carbocycles. The van der Waals surface area contributed by atoms with Gasteiger partial charge in [0, 0.05) is 35.8 Å². The van der Waals surface area contributed by atoms with E-state index in [1.165, 1.54) is 0 Å². The Morgan fingerprint density at radius 2 is 1.81 bits per heavy atom. The molecule has 0 bridgehead atoms. The largest absolute Gasteiger partial charge is 0.336 e. The van der Waals surface area contributed by atoms with E-state index in [9.17, 15) is 4.79 Å². The number of benzene rings is 1. The first kappa shape index (κ1) is 20.4. The van der Waals surface area contributed by atoms with Crippen molar-refractivity contribution in [1.29, 1.82) is 0 Å². The van der Waals surface area contributed by atoms with Gasteiger partial charge in [0.15, 0.2) is 0 Å². The van der Waals surface area contributed by atoms with Gasteiger partial charge in [-0.1, -0.05) is 54.0 Å². The van der Waals surface area contributed by atoms with Crippen molar-refractivity contribution >= 4 is 23.2 Å². The first-order chi connectivity index (χ1) is 15.2. The van der Waals surface area contributed by atoms with E-state index in [0.717, 1.165) is 49.2 Å². The van der Waals surface area contributed by atoms with Crippen molar-refractivity contribution in [2.24, 2.45) is 0 Å². The molecule has 1 aromatic carbocycles. The van der Waals surface area contributed by atoms with Crippen LogP contribution in [0, 0.1) is 0 Å². The number of ether oxygens (including phenoxy) is 2. The summed E-state index contributed by atoms with van der Waals surface area (Å²) < 4.78 is 13.4. The van der Waals surface area contributed by atoms with Gasteiger partial charge in [-0.2, -0.15) is 0 Å². The molecule has 3 aliphatic rings.